The summed E-state index contributed by atoms with van der Waals surface area (Å²) in [6, 6.07) is 5.03. The van der Waals surface area contributed by atoms with Gasteiger partial charge in [0, 0.05) is 6.07 Å². The molecule has 0 unspecified atom stereocenters. The van der Waals surface area contributed by atoms with Gasteiger partial charge in [-0.3, -0.25) is 9.59 Å². The average molecular weight is 264 g/mol. The quantitative estimate of drug-likeness (QED) is 0.773. The van der Waals surface area contributed by atoms with Crippen LogP contribution in [0.2, 0.25) is 0 Å². The number of carbonyl (C=O) groups is 2. The summed E-state index contributed by atoms with van der Waals surface area (Å²) in [7, 11) is 3.03. The third-order valence-corrected chi connectivity index (χ3v) is 3.31. The molecule has 0 atom stereocenters. The Labute approximate surface area is 110 Å². The second-order valence-electron chi connectivity index (χ2n) is 4.47. The van der Waals surface area contributed by atoms with Gasteiger partial charge in [0.15, 0.2) is 0 Å². The van der Waals surface area contributed by atoms with Gasteiger partial charge in [0.25, 0.3) is 0 Å². The molecule has 0 saturated heterocycles. The van der Waals surface area contributed by atoms with Gasteiger partial charge in [-0.1, -0.05) is 0 Å². The van der Waals surface area contributed by atoms with E-state index in [4.69, 9.17) is 15.2 Å². The van der Waals surface area contributed by atoms with E-state index in [0.717, 1.165) is 0 Å². The number of benzene rings is 1. The van der Waals surface area contributed by atoms with Crippen molar-refractivity contribution in [3.63, 3.8) is 0 Å². The Kier molecular flexibility index (Phi) is 3.33. The van der Waals surface area contributed by atoms with E-state index in [-0.39, 0.29) is 0 Å². The minimum absolute atomic E-state index is 0.397. The summed E-state index contributed by atoms with van der Waals surface area (Å²) in [6.45, 7) is 0. The zero-order chi connectivity index (χ0) is 14.0. The van der Waals surface area contributed by atoms with Gasteiger partial charge < -0.3 is 20.5 Å². The van der Waals surface area contributed by atoms with Gasteiger partial charge in [-0.2, -0.15) is 0 Å². The molecular weight excluding hydrogens is 248 g/mol. The Morgan fingerprint density at radius 1 is 1.26 bits per heavy atom. The first-order chi connectivity index (χ1) is 9.03. The summed E-state index contributed by atoms with van der Waals surface area (Å²) in [6.07, 6.45) is 0.973. The van der Waals surface area contributed by atoms with Crippen molar-refractivity contribution >= 4 is 17.5 Å². The molecule has 1 aromatic rings. The molecule has 0 radical (unpaired) electrons. The van der Waals surface area contributed by atoms with Gasteiger partial charge in [-0.05, 0) is 25.0 Å². The molecule has 0 heterocycles. The molecule has 0 spiro atoms. The highest BCUT2D eigenvalue weighted by atomic mass is 16.5. The van der Waals surface area contributed by atoms with Crippen LogP contribution >= 0.6 is 0 Å². The van der Waals surface area contributed by atoms with E-state index in [1.807, 2.05) is 0 Å². The van der Waals surface area contributed by atoms with Crippen molar-refractivity contribution in [3.8, 4) is 11.5 Å². The largest absolute Gasteiger partial charge is 0.497 e. The number of hydrogen-bond donors (Lipinski definition) is 2. The molecule has 2 amide bonds. The molecule has 1 saturated carbocycles. The number of methoxy groups -OCH3 is 2. The molecule has 0 bridgehead atoms. The van der Waals surface area contributed by atoms with Crippen LogP contribution in [0.5, 0.6) is 11.5 Å². The van der Waals surface area contributed by atoms with Crippen LogP contribution in [0.25, 0.3) is 0 Å². The van der Waals surface area contributed by atoms with Crippen LogP contribution in [-0.2, 0) is 9.59 Å². The van der Waals surface area contributed by atoms with Gasteiger partial charge in [0.05, 0.1) is 19.9 Å². The minimum Gasteiger partial charge on any atom is -0.497 e. The number of rotatable bonds is 5. The molecule has 19 heavy (non-hydrogen) atoms. The van der Waals surface area contributed by atoms with Crippen LogP contribution in [0.1, 0.15) is 12.8 Å². The van der Waals surface area contributed by atoms with E-state index in [0.29, 0.717) is 30.0 Å². The monoisotopic (exact) mass is 264 g/mol. The Morgan fingerprint density at radius 2 is 1.95 bits per heavy atom. The summed E-state index contributed by atoms with van der Waals surface area (Å²) in [5.74, 6) is 0.0906. The Hall–Kier alpha value is -2.24. The normalized spacial score (nSPS) is 15.5. The molecular formula is C13H16N2O4. The predicted octanol–water partition coefficient (Wildman–Crippen LogP) is 0.908. The van der Waals surface area contributed by atoms with Crippen molar-refractivity contribution in [2.75, 3.05) is 19.5 Å². The smallest absolute Gasteiger partial charge is 0.240 e. The highest BCUT2D eigenvalue weighted by Crippen LogP contribution is 2.46. The van der Waals surface area contributed by atoms with Crippen molar-refractivity contribution in [2.45, 2.75) is 12.8 Å². The van der Waals surface area contributed by atoms with Gasteiger partial charge in [0.1, 0.15) is 16.9 Å². The first kappa shape index (κ1) is 13.2. The van der Waals surface area contributed by atoms with E-state index < -0.39 is 17.2 Å². The second-order valence-corrected chi connectivity index (χ2v) is 4.47. The standard InChI is InChI=1S/C13H16N2O4/c1-18-8-3-4-10(19-2)9(7-8)15-12(17)13(5-6-13)11(14)16/h3-4,7H,5-6H2,1-2H3,(H2,14,16)(H,15,17). The molecule has 102 valence electrons. The molecule has 0 aromatic heterocycles. The SMILES string of the molecule is COc1ccc(OC)c(NC(=O)C2(C(N)=O)CC2)c1. The number of amides is 2. The average Bonchev–Trinajstić information content (AvgIpc) is 3.20. The summed E-state index contributed by atoms with van der Waals surface area (Å²) in [5, 5.41) is 2.68. The van der Waals surface area contributed by atoms with E-state index in [2.05, 4.69) is 5.32 Å². The lowest BCUT2D eigenvalue weighted by atomic mass is 10.1. The zero-order valence-corrected chi connectivity index (χ0v) is 10.9. The van der Waals surface area contributed by atoms with E-state index in [1.165, 1.54) is 14.2 Å². The zero-order valence-electron chi connectivity index (χ0n) is 10.9. The molecule has 3 N–H and O–H groups in total. The number of nitrogens with two attached hydrogens (primary N) is 1. The molecule has 6 heteroatoms. The maximum Gasteiger partial charge on any atom is 0.240 e. The third-order valence-electron chi connectivity index (χ3n) is 3.31. The Bertz CT molecular complexity index is 523. The van der Waals surface area contributed by atoms with Crippen LogP contribution < -0.4 is 20.5 Å². The first-order valence-electron chi connectivity index (χ1n) is 5.87. The number of ether oxygens (including phenoxy) is 2. The lowest BCUT2D eigenvalue weighted by Crippen LogP contribution is -2.36. The van der Waals surface area contributed by atoms with Gasteiger partial charge in [0.2, 0.25) is 11.8 Å². The molecule has 2 rings (SSSR count). The number of primary amides is 1. The van der Waals surface area contributed by atoms with E-state index in [1.54, 1.807) is 18.2 Å². The number of carbonyl (C=O) groups excluding carboxylic acids is 2. The van der Waals surface area contributed by atoms with Crippen LogP contribution in [0, 0.1) is 5.41 Å². The lowest BCUT2D eigenvalue weighted by molar-refractivity contribution is -0.132. The third kappa shape index (κ3) is 2.33. The molecule has 6 nitrogen and oxygen atoms in total. The van der Waals surface area contributed by atoms with Crippen molar-refractivity contribution in [1.82, 2.24) is 0 Å². The van der Waals surface area contributed by atoms with Crippen LogP contribution in [0.15, 0.2) is 18.2 Å². The van der Waals surface area contributed by atoms with Gasteiger partial charge in [-0.15, -0.1) is 0 Å². The van der Waals surface area contributed by atoms with Crippen LogP contribution in [0.4, 0.5) is 5.69 Å². The summed E-state index contributed by atoms with van der Waals surface area (Å²) in [5.41, 5.74) is 4.65. The molecule has 0 aliphatic heterocycles. The number of anilines is 1. The molecule has 1 aromatic carbocycles. The molecule has 1 aliphatic carbocycles. The Morgan fingerprint density at radius 3 is 2.42 bits per heavy atom. The number of hydrogen-bond acceptors (Lipinski definition) is 4. The van der Waals surface area contributed by atoms with E-state index >= 15 is 0 Å². The highest BCUT2D eigenvalue weighted by molar-refractivity contribution is 6.12. The molecule has 1 aliphatic rings. The fourth-order valence-corrected chi connectivity index (χ4v) is 1.86. The van der Waals surface area contributed by atoms with Crippen LogP contribution in [-0.4, -0.2) is 26.0 Å². The molecule has 1 fully saturated rings. The van der Waals surface area contributed by atoms with E-state index in [9.17, 15) is 9.59 Å². The summed E-state index contributed by atoms with van der Waals surface area (Å²) >= 11 is 0. The number of nitrogens with one attached hydrogen (secondary N) is 1. The topological polar surface area (TPSA) is 90.7 Å². The summed E-state index contributed by atoms with van der Waals surface area (Å²) < 4.78 is 10.2. The van der Waals surface area contributed by atoms with Gasteiger partial charge >= 0.3 is 0 Å². The van der Waals surface area contributed by atoms with Crippen molar-refractivity contribution < 1.29 is 19.1 Å². The van der Waals surface area contributed by atoms with Crippen molar-refractivity contribution in [2.24, 2.45) is 11.1 Å². The summed E-state index contributed by atoms with van der Waals surface area (Å²) in [4.78, 5) is 23.4. The fraction of sp³-hybridized carbons (Fsp3) is 0.385. The second kappa shape index (κ2) is 4.79. The van der Waals surface area contributed by atoms with Crippen LogP contribution in [0.3, 0.4) is 0 Å². The van der Waals surface area contributed by atoms with Gasteiger partial charge in [-0.25, -0.2) is 0 Å². The minimum atomic E-state index is -1.06. The maximum atomic E-state index is 12.1. The van der Waals surface area contributed by atoms with Crippen molar-refractivity contribution in [1.29, 1.82) is 0 Å². The highest BCUT2D eigenvalue weighted by Gasteiger charge is 2.55. The van der Waals surface area contributed by atoms with Crippen molar-refractivity contribution in [3.05, 3.63) is 18.2 Å². The lowest BCUT2D eigenvalue weighted by Gasteiger charge is -2.15. The predicted molar refractivity (Wildman–Crippen MR) is 69.0 cm³/mol. The maximum absolute atomic E-state index is 12.1. The fourth-order valence-electron chi connectivity index (χ4n) is 1.86. The first-order valence-corrected chi connectivity index (χ1v) is 5.87. The Balaban J connectivity index is 2.23.